The first kappa shape index (κ1) is 18.0. The summed E-state index contributed by atoms with van der Waals surface area (Å²) in [5.74, 6) is 0.419. The minimum absolute atomic E-state index is 0.176. The maximum Gasteiger partial charge on any atom is 0.319 e. The molecule has 5 nitrogen and oxygen atoms in total. The van der Waals surface area contributed by atoms with Crippen LogP contribution in [0.15, 0.2) is 54.6 Å². The van der Waals surface area contributed by atoms with E-state index in [2.05, 4.69) is 16.0 Å². The van der Waals surface area contributed by atoms with Crippen molar-refractivity contribution in [2.45, 2.75) is 32.1 Å². The SMILES string of the molecule is O=C(NCC1CCCCC1)Nc1ccc(C(=O)Nc2ccccc2)cc1. The molecule has 0 heterocycles. The number of nitrogens with one attached hydrogen (secondary N) is 3. The molecule has 3 rings (SSSR count). The lowest BCUT2D eigenvalue weighted by Crippen LogP contribution is -2.33. The lowest BCUT2D eigenvalue weighted by atomic mass is 9.89. The molecule has 5 heteroatoms. The Morgan fingerprint density at radius 1 is 0.808 bits per heavy atom. The van der Waals surface area contributed by atoms with Gasteiger partial charge >= 0.3 is 6.03 Å². The Morgan fingerprint density at radius 3 is 2.15 bits per heavy atom. The molecule has 0 saturated heterocycles. The fourth-order valence-electron chi connectivity index (χ4n) is 3.23. The van der Waals surface area contributed by atoms with Crippen LogP contribution in [-0.4, -0.2) is 18.5 Å². The van der Waals surface area contributed by atoms with Gasteiger partial charge in [-0.15, -0.1) is 0 Å². The average molecular weight is 351 g/mol. The molecule has 0 unspecified atom stereocenters. The van der Waals surface area contributed by atoms with Crippen LogP contribution in [0.5, 0.6) is 0 Å². The Bertz CT molecular complexity index is 723. The number of rotatable bonds is 5. The highest BCUT2D eigenvalue weighted by molar-refractivity contribution is 6.04. The van der Waals surface area contributed by atoms with E-state index in [0.29, 0.717) is 17.2 Å². The van der Waals surface area contributed by atoms with E-state index in [4.69, 9.17) is 0 Å². The van der Waals surface area contributed by atoms with E-state index in [9.17, 15) is 9.59 Å². The summed E-state index contributed by atoms with van der Waals surface area (Å²) >= 11 is 0. The van der Waals surface area contributed by atoms with Crippen LogP contribution in [0, 0.1) is 5.92 Å². The first-order valence-electron chi connectivity index (χ1n) is 9.22. The van der Waals surface area contributed by atoms with Gasteiger partial charge in [0, 0.05) is 23.5 Å². The molecule has 3 amide bonds. The summed E-state index contributed by atoms with van der Waals surface area (Å²) in [4.78, 5) is 24.2. The zero-order valence-corrected chi connectivity index (χ0v) is 14.8. The van der Waals surface area contributed by atoms with Gasteiger partial charge in [-0.25, -0.2) is 4.79 Å². The molecule has 26 heavy (non-hydrogen) atoms. The minimum Gasteiger partial charge on any atom is -0.338 e. The Labute approximate surface area is 154 Å². The van der Waals surface area contributed by atoms with Gasteiger partial charge in [-0.3, -0.25) is 4.79 Å². The molecule has 0 spiro atoms. The van der Waals surface area contributed by atoms with Gasteiger partial charge in [0.2, 0.25) is 0 Å². The van der Waals surface area contributed by atoms with Crippen molar-refractivity contribution < 1.29 is 9.59 Å². The molecular weight excluding hydrogens is 326 g/mol. The molecule has 1 saturated carbocycles. The van der Waals surface area contributed by atoms with E-state index in [1.165, 1.54) is 32.1 Å². The first-order valence-corrected chi connectivity index (χ1v) is 9.22. The number of para-hydroxylation sites is 1. The van der Waals surface area contributed by atoms with Crippen molar-refractivity contribution in [1.82, 2.24) is 5.32 Å². The average Bonchev–Trinajstić information content (AvgIpc) is 2.68. The lowest BCUT2D eigenvalue weighted by Gasteiger charge is -2.21. The molecule has 1 aliphatic rings. The van der Waals surface area contributed by atoms with Gasteiger partial charge < -0.3 is 16.0 Å². The van der Waals surface area contributed by atoms with Crippen LogP contribution in [-0.2, 0) is 0 Å². The van der Waals surface area contributed by atoms with E-state index < -0.39 is 0 Å². The van der Waals surface area contributed by atoms with E-state index >= 15 is 0 Å². The number of hydrogen-bond acceptors (Lipinski definition) is 2. The van der Waals surface area contributed by atoms with Crippen molar-refractivity contribution in [3.8, 4) is 0 Å². The van der Waals surface area contributed by atoms with Crippen LogP contribution >= 0.6 is 0 Å². The van der Waals surface area contributed by atoms with Crippen molar-refractivity contribution in [2.24, 2.45) is 5.92 Å². The topological polar surface area (TPSA) is 70.2 Å². The molecule has 2 aromatic rings. The Kier molecular flexibility index (Phi) is 6.25. The van der Waals surface area contributed by atoms with E-state index in [0.717, 1.165) is 12.2 Å². The van der Waals surface area contributed by atoms with Crippen molar-refractivity contribution in [3.63, 3.8) is 0 Å². The number of anilines is 2. The zero-order valence-electron chi connectivity index (χ0n) is 14.8. The predicted octanol–water partition coefficient (Wildman–Crippen LogP) is 4.64. The molecule has 3 N–H and O–H groups in total. The van der Waals surface area contributed by atoms with Crippen molar-refractivity contribution >= 4 is 23.3 Å². The third-order valence-corrected chi connectivity index (χ3v) is 4.71. The quantitative estimate of drug-likeness (QED) is 0.734. The van der Waals surface area contributed by atoms with Crippen molar-refractivity contribution in [1.29, 1.82) is 0 Å². The standard InChI is InChI=1S/C21H25N3O2/c25-20(23-18-9-5-2-6-10-18)17-11-13-19(14-12-17)24-21(26)22-15-16-7-3-1-4-8-16/h2,5-6,9-14,16H,1,3-4,7-8,15H2,(H,23,25)(H2,22,24,26). The molecular formula is C21H25N3O2. The predicted molar refractivity (Wildman–Crippen MR) is 104 cm³/mol. The lowest BCUT2D eigenvalue weighted by molar-refractivity contribution is 0.102. The second-order valence-corrected chi connectivity index (χ2v) is 6.74. The highest BCUT2D eigenvalue weighted by Crippen LogP contribution is 2.22. The van der Waals surface area contributed by atoms with Gasteiger partial charge in [0.05, 0.1) is 0 Å². The third kappa shape index (κ3) is 5.34. The monoisotopic (exact) mass is 351 g/mol. The third-order valence-electron chi connectivity index (χ3n) is 4.71. The normalized spacial score (nSPS) is 14.5. The maximum absolute atomic E-state index is 12.2. The fourth-order valence-corrected chi connectivity index (χ4v) is 3.23. The summed E-state index contributed by atoms with van der Waals surface area (Å²) in [7, 11) is 0. The number of amides is 3. The van der Waals surface area contributed by atoms with Crippen LogP contribution < -0.4 is 16.0 Å². The molecule has 1 fully saturated rings. The number of urea groups is 1. The van der Waals surface area contributed by atoms with E-state index in [-0.39, 0.29) is 11.9 Å². The largest absolute Gasteiger partial charge is 0.338 e. The van der Waals surface area contributed by atoms with E-state index in [1.807, 2.05) is 30.3 Å². The minimum atomic E-state index is -0.197. The molecule has 136 valence electrons. The number of benzene rings is 2. The number of hydrogen-bond donors (Lipinski definition) is 3. The molecule has 0 aliphatic heterocycles. The van der Waals surface area contributed by atoms with Crippen molar-refractivity contribution in [3.05, 3.63) is 60.2 Å². The van der Waals surface area contributed by atoms with Gasteiger partial charge in [0.1, 0.15) is 0 Å². The van der Waals surface area contributed by atoms with Crippen LogP contribution in [0.25, 0.3) is 0 Å². The highest BCUT2D eigenvalue weighted by Gasteiger charge is 2.14. The van der Waals surface area contributed by atoms with Crippen LogP contribution in [0.3, 0.4) is 0 Å². The molecule has 0 radical (unpaired) electrons. The van der Waals surface area contributed by atoms with Gasteiger partial charge in [-0.1, -0.05) is 37.5 Å². The van der Waals surface area contributed by atoms with Crippen LogP contribution in [0.4, 0.5) is 16.2 Å². The molecule has 2 aromatic carbocycles. The fraction of sp³-hybridized carbons (Fsp3) is 0.333. The maximum atomic E-state index is 12.2. The number of carbonyl (C=O) groups excluding carboxylic acids is 2. The van der Waals surface area contributed by atoms with Gasteiger partial charge in [-0.2, -0.15) is 0 Å². The molecule has 1 aliphatic carbocycles. The van der Waals surface area contributed by atoms with E-state index in [1.54, 1.807) is 24.3 Å². The summed E-state index contributed by atoms with van der Waals surface area (Å²) in [5.41, 5.74) is 1.96. The Balaban J connectivity index is 1.47. The van der Waals surface area contributed by atoms with Gasteiger partial charge in [0.15, 0.2) is 0 Å². The van der Waals surface area contributed by atoms with Crippen LogP contribution in [0.2, 0.25) is 0 Å². The van der Waals surface area contributed by atoms with Gasteiger partial charge in [0.25, 0.3) is 5.91 Å². The Hall–Kier alpha value is -2.82. The van der Waals surface area contributed by atoms with Crippen LogP contribution in [0.1, 0.15) is 42.5 Å². The highest BCUT2D eigenvalue weighted by atomic mass is 16.2. The van der Waals surface area contributed by atoms with Gasteiger partial charge in [-0.05, 0) is 55.2 Å². The summed E-state index contributed by atoms with van der Waals surface area (Å²) in [6, 6.07) is 16.0. The second kappa shape index (κ2) is 9.04. The Morgan fingerprint density at radius 2 is 1.46 bits per heavy atom. The van der Waals surface area contributed by atoms with Crippen molar-refractivity contribution in [2.75, 3.05) is 17.2 Å². The number of carbonyl (C=O) groups is 2. The summed E-state index contributed by atoms with van der Waals surface area (Å²) in [6.07, 6.45) is 6.24. The zero-order chi connectivity index (χ0) is 18.2. The smallest absolute Gasteiger partial charge is 0.319 e. The molecule has 0 bridgehead atoms. The summed E-state index contributed by atoms with van der Waals surface area (Å²) < 4.78 is 0. The second-order valence-electron chi connectivity index (χ2n) is 6.74. The first-order chi connectivity index (χ1) is 12.7. The molecule has 0 aromatic heterocycles. The summed E-state index contributed by atoms with van der Waals surface area (Å²) in [6.45, 7) is 0.726. The summed E-state index contributed by atoms with van der Waals surface area (Å²) in [5, 5.41) is 8.59. The molecule has 0 atom stereocenters.